The summed E-state index contributed by atoms with van der Waals surface area (Å²) in [6.45, 7) is 0. The van der Waals surface area contributed by atoms with Crippen molar-refractivity contribution < 1.29 is 9.66 Å². The van der Waals surface area contributed by atoms with E-state index >= 15 is 0 Å². The molecule has 1 aromatic heterocycles. The molecule has 0 aliphatic heterocycles. The molecule has 0 spiro atoms. The Morgan fingerprint density at radius 1 is 1.10 bits per heavy atom. The Kier molecular flexibility index (Phi) is 3.12. The van der Waals surface area contributed by atoms with Gasteiger partial charge in [-0.2, -0.15) is 0 Å². The molecule has 0 amide bonds. The third-order valence-electron chi connectivity index (χ3n) is 3.02. The average Bonchev–Trinajstić information content (AvgIpc) is 2.49. The number of nitro benzene ring substituents is 1. The minimum atomic E-state index is -0.500. The second-order valence-electron chi connectivity index (χ2n) is 4.41. The molecule has 3 rings (SSSR count). The molecule has 3 aromatic rings. The Morgan fingerprint density at radius 3 is 2.67 bits per heavy atom. The van der Waals surface area contributed by atoms with Crippen LogP contribution < -0.4 is 10.5 Å². The topological polar surface area (TPSA) is 91.3 Å². The molecule has 0 atom stereocenters. The number of hydrogen-bond acceptors (Lipinski definition) is 5. The van der Waals surface area contributed by atoms with E-state index in [-0.39, 0.29) is 11.4 Å². The molecule has 0 saturated heterocycles. The number of non-ortho nitro benzene ring substituents is 1. The van der Waals surface area contributed by atoms with Crippen LogP contribution in [0.15, 0.2) is 54.7 Å². The first-order valence-electron chi connectivity index (χ1n) is 6.20. The van der Waals surface area contributed by atoms with Crippen LogP contribution in [0.1, 0.15) is 0 Å². The van der Waals surface area contributed by atoms with Gasteiger partial charge in [-0.05, 0) is 18.2 Å². The molecular weight excluding hydrogens is 270 g/mol. The first-order valence-corrected chi connectivity index (χ1v) is 6.20. The fourth-order valence-electron chi connectivity index (χ4n) is 2.02. The summed E-state index contributed by atoms with van der Waals surface area (Å²) in [5.74, 6) is 0.910. The minimum absolute atomic E-state index is 0.0732. The highest BCUT2D eigenvalue weighted by atomic mass is 16.6. The molecule has 6 heteroatoms. The van der Waals surface area contributed by atoms with Crippen molar-refractivity contribution in [3.8, 4) is 11.5 Å². The number of nitrogens with two attached hydrogens (primary N) is 1. The smallest absolute Gasteiger partial charge is 0.271 e. The van der Waals surface area contributed by atoms with Gasteiger partial charge in [-0.15, -0.1) is 0 Å². The highest BCUT2D eigenvalue weighted by molar-refractivity contribution is 5.84. The standard InChI is InChI=1S/C15H11N3O3/c16-12-9-11(18(19)20)6-7-13(12)21-14-5-1-3-10-4-2-8-17-15(10)14/h1-9H,16H2. The van der Waals surface area contributed by atoms with Crippen LogP contribution >= 0.6 is 0 Å². The lowest BCUT2D eigenvalue weighted by atomic mass is 10.2. The lowest BCUT2D eigenvalue weighted by Gasteiger charge is -2.10. The molecule has 0 saturated carbocycles. The first-order chi connectivity index (χ1) is 10.1. The summed E-state index contributed by atoms with van der Waals surface area (Å²) in [5, 5.41) is 11.6. The molecule has 104 valence electrons. The maximum absolute atomic E-state index is 10.7. The Balaban J connectivity index is 2.01. The number of hydrogen-bond donors (Lipinski definition) is 1. The molecule has 2 aromatic carbocycles. The van der Waals surface area contributed by atoms with Gasteiger partial charge in [0.15, 0.2) is 11.5 Å². The van der Waals surface area contributed by atoms with E-state index in [0.717, 1.165) is 5.39 Å². The Labute approximate surface area is 119 Å². The van der Waals surface area contributed by atoms with Crippen LogP contribution in [-0.2, 0) is 0 Å². The minimum Gasteiger partial charge on any atom is -0.453 e. The summed E-state index contributed by atoms with van der Waals surface area (Å²) in [7, 11) is 0. The fraction of sp³-hybridized carbons (Fsp3) is 0. The van der Waals surface area contributed by atoms with E-state index in [1.54, 1.807) is 12.3 Å². The van der Waals surface area contributed by atoms with Crippen molar-refractivity contribution in [1.29, 1.82) is 0 Å². The molecule has 0 unspecified atom stereocenters. The van der Waals surface area contributed by atoms with Gasteiger partial charge in [0.25, 0.3) is 5.69 Å². The van der Waals surface area contributed by atoms with Gasteiger partial charge in [-0.25, -0.2) is 0 Å². The summed E-state index contributed by atoms with van der Waals surface area (Å²) in [6, 6.07) is 13.4. The van der Waals surface area contributed by atoms with E-state index in [2.05, 4.69) is 4.98 Å². The average molecular weight is 281 g/mol. The van der Waals surface area contributed by atoms with Crippen molar-refractivity contribution in [2.75, 3.05) is 5.73 Å². The third-order valence-corrected chi connectivity index (χ3v) is 3.02. The van der Waals surface area contributed by atoms with E-state index < -0.39 is 4.92 Å². The molecule has 1 heterocycles. The first kappa shape index (κ1) is 12.9. The van der Waals surface area contributed by atoms with Gasteiger partial charge in [0, 0.05) is 23.7 Å². The summed E-state index contributed by atoms with van der Waals surface area (Å²) >= 11 is 0. The van der Waals surface area contributed by atoms with E-state index in [4.69, 9.17) is 10.5 Å². The number of aromatic nitrogens is 1. The predicted octanol–water partition coefficient (Wildman–Crippen LogP) is 3.52. The SMILES string of the molecule is Nc1cc([N+](=O)[O-])ccc1Oc1cccc2cccnc12. The van der Waals surface area contributed by atoms with E-state index in [9.17, 15) is 10.1 Å². The van der Waals surface area contributed by atoms with Gasteiger partial charge < -0.3 is 10.5 Å². The highest BCUT2D eigenvalue weighted by Crippen LogP contribution is 2.33. The zero-order valence-electron chi connectivity index (χ0n) is 10.9. The molecule has 0 aliphatic carbocycles. The second kappa shape index (κ2) is 5.09. The van der Waals surface area contributed by atoms with Crippen molar-refractivity contribution in [1.82, 2.24) is 4.98 Å². The van der Waals surface area contributed by atoms with Crippen LogP contribution in [0.4, 0.5) is 11.4 Å². The molecule has 21 heavy (non-hydrogen) atoms. The maximum Gasteiger partial charge on any atom is 0.271 e. The lowest BCUT2D eigenvalue weighted by molar-refractivity contribution is -0.384. The quantitative estimate of drug-likeness (QED) is 0.450. The summed E-state index contributed by atoms with van der Waals surface area (Å²) < 4.78 is 5.75. The van der Waals surface area contributed by atoms with E-state index in [1.165, 1.54) is 18.2 Å². The van der Waals surface area contributed by atoms with Crippen LogP contribution in [-0.4, -0.2) is 9.91 Å². The zero-order chi connectivity index (χ0) is 14.8. The van der Waals surface area contributed by atoms with Crippen molar-refractivity contribution >= 4 is 22.3 Å². The Morgan fingerprint density at radius 2 is 1.90 bits per heavy atom. The van der Waals surface area contributed by atoms with Crippen LogP contribution in [0.2, 0.25) is 0 Å². The highest BCUT2D eigenvalue weighted by Gasteiger charge is 2.11. The number of nitro groups is 1. The molecule has 6 nitrogen and oxygen atoms in total. The van der Waals surface area contributed by atoms with Gasteiger partial charge >= 0.3 is 0 Å². The number of para-hydroxylation sites is 1. The summed E-state index contributed by atoms with van der Waals surface area (Å²) in [6.07, 6.45) is 1.67. The van der Waals surface area contributed by atoms with Crippen molar-refractivity contribution in [2.45, 2.75) is 0 Å². The summed E-state index contributed by atoms with van der Waals surface area (Å²) in [5.41, 5.74) is 6.64. The summed E-state index contributed by atoms with van der Waals surface area (Å²) in [4.78, 5) is 14.5. The molecule has 0 aliphatic rings. The Bertz CT molecular complexity index is 828. The number of benzene rings is 2. The van der Waals surface area contributed by atoms with E-state index in [0.29, 0.717) is 17.0 Å². The number of nitrogen functional groups attached to an aromatic ring is 1. The van der Waals surface area contributed by atoms with Gasteiger partial charge in [-0.3, -0.25) is 15.1 Å². The lowest BCUT2D eigenvalue weighted by Crippen LogP contribution is -1.95. The van der Waals surface area contributed by atoms with Crippen molar-refractivity contribution in [3.63, 3.8) is 0 Å². The normalized spacial score (nSPS) is 10.5. The number of nitrogens with zero attached hydrogens (tertiary/aromatic N) is 2. The Hall–Kier alpha value is -3.15. The third kappa shape index (κ3) is 2.46. The zero-order valence-corrected chi connectivity index (χ0v) is 10.9. The number of rotatable bonds is 3. The number of anilines is 1. The van der Waals surface area contributed by atoms with Crippen LogP contribution in [0.3, 0.4) is 0 Å². The monoisotopic (exact) mass is 281 g/mol. The molecular formula is C15H11N3O3. The van der Waals surface area contributed by atoms with Gasteiger partial charge in [-0.1, -0.05) is 18.2 Å². The molecule has 0 fully saturated rings. The number of ether oxygens (including phenoxy) is 1. The van der Waals surface area contributed by atoms with E-state index in [1.807, 2.05) is 24.3 Å². The molecule has 0 radical (unpaired) electrons. The second-order valence-corrected chi connectivity index (χ2v) is 4.41. The van der Waals surface area contributed by atoms with Crippen LogP contribution in [0, 0.1) is 10.1 Å². The number of fused-ring (bicyclic) bond motifs is 1. The van der Waals surface area contributed by atoms with Gasteiger partial charge in [0.2, 0.25) is 0 Å². The fourth-order valence-corrected chi connectivity index (χ4v) is 2.02. The maximum atomic E-state index is 10.7. The largest absolute Gasteiger partial charge is 0.453 e. The predicted molar refractivity (Wildman–Crippen MR) is 79.3 cm³/mol. The van der Waals surface area contributed by atoms with Gasteiger partial charge in [0.1, 0.15) is 5.52 Å². The van der Waals surface area contributed by atoms with Crippen molar-refractivity contribution in [2.24, 2.45) is 0 Å². The number of pyridine rings is 1. The van der Waals surface area contributed by atoms with Crippen LogP contribution in [0.25, 0.3) is 10.9 Å². The van der Waals surface area contributed by atoms with Gasteiger partial charge in [0.05, 0.1) is 10.6 Å². The molecule has 2 N–H and O–H groups in total. The molecule has 0 bridgehead atoms. The van der Waals surface area contributed by atoms with Crippen molar-refractivity contribution in [3.05, 3.63) is 64.8 Å². The van der Waals surface area contributed by atoms with Crippen LogP contribution in [0.5, 0.6) is 11.5 Å².